The zero-order valence-electron chi connectivity index (χ0n) is 21.6. The number of pyridine rings is 1. The molecule has 2 rings (SSSR count). The molecule has 0 saturated heterocycles. The molecule has 3 N–H and O–H groups in total. The van der Waals surface area contributed by atoms with Crippen molar-refractivity contribution in [3.05, 3.63) is 41.4 Å². The van der Waals surface area contributed by atoms with Crippen LogP contribution in [0, 0.1) is 23.7 Å². The second kappa shape index (κ2) is 13.3. The maximum absolute atomic E-state index is 12.9. The van der Waals surface area contributed by atoms with Crippen molar-refractivity contribution in [3.63, 3.8) is 0 Å². The van der Waals surface area contributed by atoms with E-state index in [0.29, 0.717) is 12.8 Å². The third kappa shape index (κ3) is 8.09. The number of hydrogen-bond donors (Lipinski definition) is 3. The maximum Gasteiger partial charge on any atom is 0.337 e. The number of carboxylic acids is 1. The smallest absolute Gasteiger partial charge is 0.337 e. The zero-order valence-corrected chi connectivity index (χ0v) is 21.6. The van der Waals surface area contributed by atoms with Gasteiger partial charge in [0.05, 0.1) is 11.5 Å². The van der Waals surface area contributed by atoms with Crippen LogP contribution in [0.25, 0.3) is 0 Å². The summed E-state index contributed by atoms with van der Waals surface area (Å²) < 4.78 is 0. The van der Waals surface area contributed by atoms with Gasteiger partial charge in [-0.1, -0.05) is 48.0 Å². The standard InChI is InChI=1S/C21H34O5.C6H5NO2/c1-12(2)7-9-15-19(24)18(16(22)11-14(5)6)20(25)21(15,26)17(23)10-8-13(3)4;8-6(9)5-2-1-3-7-4-5/h12-15,25-26H,7-11H2,1-6H3;1-4H,(H,8,9). The monoisotopic (exact) mass is 489 g/mol. The number of ketones is 3. The van der Waals surface area contributed by atoms with Gasteiger partial charge in [-0.05, 0) is 42.7 Å². The van der Waals surface area contributed by atoms with Gasteiger partial charge in [-0.3, -0.25) is 19.4 Å². The van der Waals surface area contributed by atoms with Crippen molar-refractivity contribution in [2.24, 2.45) is 23.7 Å². The molecule has 1 aromatic rings. The summed E-state index contributed by atoms with van der Waals surface area (Å²) >= 11 is 0. The van der Waals surface area contributed by atoms with Crippen molar-refractivity contribution in [2.75, 3.05) is 0 Å². The second-order valence-corrected chi connectivity index (χ2v) is 10.3. The van der Waals surface area contributed by atoms with Gasteiger partial charge in [0, 0.05) is 25.2 Å². The highest BCUT2D eigenvalue weighted by Gasteiger charge is 2.58. The van der Waals surface area contributed by atoms with Crippen LogP contribution in [0.5, 0.6) is 0 Å². The van der Waals surface area contributed by atoms with E-state index in [1.807, 2.05) is 41.5 Å². The minimum Gasteiger partial charge on any atom is -0.508 e. The van der Waals surface area contributed by atoms with Gasteiger partial charge in [0.25, 0.3) is 0 Å². The van der Waals surface area contributed by atoms with Crippen LogP contribution >= 0.6 is 0 Å². The van der Waals surface area contributed by atoms with Crippen molar-refractivity contribution in [1.82, 2.24) is 4.98 Å². The number of carboxylic acid groups (broad SMARTS) is 1. The first-order valence-corrected chi connectivity index (χ1v) is 12.1. The quantitative estimate of drug-likeness (QED) is 0.384. The number of rotatable bonds is 11. The Morgan fingerprint density at radius 1 is 1.03 bits per heavy atom. The molecule has 194 valence electrons. The lowest BCUT2D eigenvalue weighted by molar-refractivity contribution is -0.145. The summed E-state index contributed by atoms with van der Waals surface area (Å²) in [4.78, 5) is 51.9. The van der Waals surface area contributed by atoms with Crippen LogP contribution in [0.3, 0.4) is 0 Å². The van der Waals surface area contributed by atoms with E-state index in [0.717, 1.165) is 0 Å². The molecule has 0 bridgehead atoms. The highest BCUT2D eigenvalue weighted by Crippen LogP contribution is 2.42. The Kier molecular flexibility index (Phi) is 11.4. The fourth-order valence-corrected chi connectivity index (χ4v) is 3.84. The zero-order chi connectivity index (χ0) is 26.9. The molecule has 0 amide bonds. The largest absolute Gasteiger partial charge is 0.508 e. The summed E-state index contributed by atoms with van der Waals surface area (Å²) in [5.74, 6) is -3.86. The van der Waals surface area contributed by atoms with Crippen LogP contribution < -0.4 is 0 Å². The molecule has 35 heavy (non-hydrogen) atoms. The molecule has 0 aliphatic heterocycles. The Balaban J connectivity index is 0.000000566. The predicted octanol–water partition coefficient (Wildman–Crippen LogP) is 4.57. The number of aliphatic hydroxyl groups is 2. The third-order valence-electron chi connectivity index (χ3n) is 5.85. The molecule has 2 unspecified atom stereocenters. The van der Waals surface area contributed by atoms with Crippen LogP contribution in [-0.4, -0.2) is 49.2 Å². The first kappa shape index (κ1) is 30.2. The van der Waals surface area contributed by atoms with E-state index in [-0.39, 0.29) is 48.2 Å². The Morgan fingerprint density at radius 2 is 1.63 bits per heavy atom. The van der Waals surface area contributed by atoms with Crippen molar-refractivity contribution in [3.8, 4) is 0 Å². The minimum absolute atomic E-state index is 0.00931. The summed E-state index contributed by atoms with van der Waals surface area (Å²) in [6.45, 7) is 11.6. The number of allylic oxidation sites excluding steroid dienone is 1. The van der Waals surface area contributed by atoms with Gasteiger partial charge in [-0.25, -0.2) is 4.79 Å². The fourth-order valence-electron chi connectivity index (χ4n) is 3.84. The number of Topliss-reactive ketones (excluding diaryl/α,β-unsaturated/α-hetero) is 3. The van der Waals surface area contributed by atoms with Gasteiger partial charge >= 0.3 is 5.97 Å². The fraction of sp³-hybridized carbons (Fsp3) is 0.593. The normalized spacial score (nSPS) is 19.8. The van der Waals surface area contributed by atoms with Gasteiger partial charge < -0.3 is 15.3 Å². The van der Waals surface area contributed by atoms with Crippen molar-refractivity contribution >= 4 is 23.3 Å². The van der Waals surface area contributed by atoms with E-state index in [1.165, 1.54) is 18.5 Å². The first-order chi connectivity index (χ1) is 16.2. The molecule has 1 aliphatic carbocycles. The molecule has 0 radical (unpaired) electrons. The Labute approximate surface area is 207 Å². The molecule has 2 atom stereocenters. The Morgan fingerprint density at radius 3 is 2.06 bits per heavy atom. The first-order valence-electron chi connectivity index (χ1n) is 12.1. The molecule has 0 aromatic carbocycles. The summed E-state index contributed by atoms with van der Waals surface area (Å²) in [6, 6.07) is 3.08. The van der Waals surface area contributed by atoms with Gasteiger partial charge in [-0.15, -0.1) is 0 Å². The number of carbonyl (C=O) groups excluding carboxylic acids is 3. The lowest BCUT2D eigenvalue weighted by Crippen LogP contribution is -2.47. The highest BCUT2D eigenvalue weighted by molar-refractivity contribution is 6.25. The number of aliphatic hydroxyl groups excluding tert-OH is 1. The van der Waals surface area contributed by atoms with E-state index in [2.05, 4.69) is 4.98 Å². The van der Waals surface area contributed by atoms with Gasteiger partial charge in [0.15, 0.2) is 23.0 Å². The maximum atomic E-state index is 12.9. The molecule has 1 heterocycles. The van der Waals surface area contributed by atoms with E-state index >= 15 is 0 Å². The average molecular weight is 490 g/mol. The van der Waals surface area contributed by atoms with Crippen molar-refractivity contribution < 1.29 is 34.5 Å². The van der Waals surface area contributed by atoms with E-state index in [1.54, 1.807) is 6.07 Å². The van der Waals surface area contributed by atoms with Gasteiger partial charge in [0.1, 0.15) is 11.3 Å². The lowest BCUT2D eigenvalue weighted by atomic mass is 9.79. The van der Waals surface area contributed by atoms with Gasteiger partial charge in [-0.2, -0.15) is 0 Å². The molecule has 0 fully saturated rings. The molecule has 8 nitrogen and oxygen atoms in total. The highest BCUT2D eigenvalue weighted by atomic mass is 16.4. The van der Waals surface area contributed by atoms with Crippen molar-refractivity contribution in [1.29, 1.82) is 0 Å². The number of aromatic nitrogens is 1. The summed E-state index contributed by atoms with van der Waals surface area (Å²) in [5, 5.41) is 30.1. The molecular weight excluding hydrogens is 450 g/mol. The topological polar surface area (TPSA) is 142 Å². The molecule has 0 saturated carbocycles. The molecule has 8 heteroatoms. The second-order valence-electron chi connectivity index (χ2n) is 10.3. The summed E-state index contributed by atoms with van der Waals surface area (Å²) in [7, 11) is 0. The predicted molar refractivity (Wildman–Crippen MR) is 132 cm³/mol. The lowest BCUT2D eigenvalue weighted by Gasteiger charge is -2.28. The van der Waals surface area contributed by atoms with Gasteiger partial charge in [0.2, 0.25) is 0 Å². The number of carbonyl (C=O) groups is 4. The number of hydrogen-bond acceptors (Lipinski definition) is 7. The van der Waals surface area contributed by atoms with Crippen LogP contribution in [0.4, 0.5) is 0 Å². The van der Waals surface area contributed by atoms with E-state index in [9.17, 15) is 29.4 Å². The molecular formula is C27H39NO7. The molecule has 1 aliphatic rings. The summed E-state index contributed by atoms with van der Waals surface area (Å²) in [6.07, 6.45) is 4.44. The third-order valence-corrected chi connectivity index (χ3v) is 5.85. The Hall–Kier alpha value is -2.87. The average Bonchev–Trinajstić information content (AvgIpc) is 2.96. The van der Waals surface area contributed by atoms with E-state index in [4.69, 9.17) is 5.11 Å². The minimum atomic E-state index is -2.26. The van der Waals surface area contributed by atoms with E-state index < -0.39 is 40.6 Å². The SMILES string of the molecule is CC(C)CCC(=O)C1(O)C(O)=C(C(=O)CC(C)C)C(=O)C1CCC(C)C.O=C(O)c1cccnc1. The molecule has 1 aromatic heterocycles. The Bertz CT molecular complexity index is 934. The summed E-state index contributed by atoms with van der Waals surface area (Å²) in [5.41, 5.74) is -2.41. The van der Waals surface area contributed by atoms with Crippen LogP contribution in [-0.2, 0) is 14.4 Å². The van der Waals surface area contributed by atoms with Crippen molar-refractivity contribution in [2.45, 2.75) is 79.2 Å². The van der Waals surface area contributed by atoms with Crippen LogP contribution in [0.15, 0.2) is 35.9 Å². The number of aromatic carboxylic acids is 1. The van der Waals surface area contributed by atoms with Crippen LogP contribution in [0.2, 0.25) is 0 Å². The number of nitrogens with zero attached hydrogens (tertiary/aromatic N) is 1. The van der Waals surface area contributed by atoms with Crippen LogP contribution in [0.1, 0.15) is 84.0 Å². The molecule has 0 spiro atoms.